The number of piperidine rings is 1. The third-order valence-electron chi connectivity index (χ3n) is 5.93. The van der Waals surface area contributed by atoms with Gasteiger partial charge in [0.15, 0.2) is 0 Å². The maximum absolute atomic E-state index is 3.46. The topological polar surface area (TPSA) is 18.5 Å². The van der Waals surface area contributed by atoms with Crippen LogP contribution in [0.15, 0.2) is 0 Å². The second kappa shape index (κ2) is 6.76. The molecule has 0 amide bonds. The van der Waals surface area contributed by atoms with E-state index in [0.717, 1.165) is 6.04 Å². The molecule has 3 fully saturated rings. The molecule has 1 unspecified atom stereocenters. The van der Waals surface area contributed by atoms with Crippen molar-refractivity contribution in [2.75, 3.05) is 46.3 Å². The first-order valence-electron chi connectivity index (χ1n) is 8.92. The number of hydrogen-bond acceptors (Lipinski definition) is 3. The molecule has 1 N–H and O–H groups in total. The summed E-state index contributed by atoms with van der Waals surface area (Å²) in [5.74, 6) is 0. The van der Waals surface area contributed by atoms with Crippen molar-refractivity contribution in [3.8, 4) is 0 Å². The molecule has 116 valence electrons. The van der Waals surface area contributed by atoms with Crippen LogP contribution in [0.3, 0.4) is 0 Å². The molecule has 0 aromatic rings. The highest BCUT2D eigenvalue weighted by atomic mass is 15.3. The molecular weight excluding hydrogens is 246 g/mol. The van der Waals surface area contributed by atoms with Crippen molar-refractivity contribution in [3.63, 3.8) is 0 Å². The fourth-order valence-electron chi connectivity index (χ4n) is 4.90. The van der Waals surface area contributed by atoms with Gasteiger partial charge in [0, 0.05) is 25.7 Å². The molecule has 0 radical (unpaired) electrons. The van der Waals surface area contributed by atoms with E-state index in [2.05, 4.69) is 22.2 Å². The highest BCUT2D eigenvalue weighted by Gasteiger charge is 2.37. The Morgan fingerprint density at radius 1 is 1.00 bits per heavy atom. The maximum atomic E-state index is 3.46. The zero-order valence-corrected chi connectivity index (χ0v) is 13.4. The molecule has 0 aromatic carbocycles. The molecule has 1 atom stereocenters. The van der Waals surface area contributed by atoms with Crippen molar-refractivity contribution >= 4 is 0 Å². The molecule has 20 heavy (non-hydrogen) atoms. The Bertz CT molecular complexity index is 293. The van der Waals surface area contributed by atoms with Crippen LogP contribution in [0.2, 0.25) is 0 Å². The summed E-state index contributed by atoms with van der Waals surface area (Å²) in [4.78, 5) is 5.56. The lowest BCUT2D eigenvalue weighted by molar-refractivity contribution is 0.139. The van der Waals surface area contributed by atoms with E-state index in [4.69, 9.17) is 0 Å². The lowest BCUT2D eigenvalue weighted by Crippen LogP contribution is -2.44. The Kier molecular flexibility index (Phi) is 5.00. The summed E-state index contributed by atoms with van der Waals surface area (Å²) in [5, 5.41) is 3.46. The lowest BCUT2D eigenvalue weighted by atomic mass is 9.85. The van der Waals surface area contributed by atoms with E-state index in [9.17, 15) is 0 Å². The SMILES string of the molecule is CNCC1(CN2CCC(N3CCCCC3)C2)CCCC1. The number of likely N-dealkylation sites (tertiary alicyclic amines) is 2. The van der Waals surface area contributed by atoms with Crippen LogP contribution in [0.4, 0.5) is 0 Å². The number of rotatable bonds is 5. The van der Waals surface area contributed by atoms with Gasteiger partial charge in [0.2, 0.25) is 0 Å². The van der Waals surface area contributed by atoms with Gasteiger partial charge in [0.1, 0.15) is 0 Å². The van der Waals surface area contributed by atoms with Crippen molar-refractivity contribution in [3.05, 3.63) is 0 Å². The molecule has 2 heterocycles. The Hall–Kier alpha value is -0.120. The van der Waals surface area contributed by atoms with Crippen LogP contribution in [0.25, 0.3) is 0 Å². The van der Waals surface area contributed by atoms with E-state index in [1.54, 1.807) is 0 Å². The van der Waals surface area contributed by atoms with Gasteiger partial charge in [-0.2, -0.15) is 0 Å². The van der Waals surface area contributed by atoms with Crippen LogP contribution in [0, 0.1) is 5.41 Å². The second-order valence-electron chi connectivity index (χ2n) is 7.51. The van der Waals surface area contributed by atoms with Crippen LogP contribution < -0.4 is 5.32 Å². The van der Waals surface area contributed by atoms with E-state index >= 15 is 0 Å². The Balaban J connectivity index is 1.51. The second-order valence-corrected chi connectivity index (χ2v) is 7.51. The van der Waals surface area contributed by atoms with Crippen LogP contribution >= 0.6 is 0 Å². The molecule has 3 aliphatic rings. The summed E-state index contributed by atoms with van der Waals surface area (Å²) in [6.07, 6.45) is 11.5. The van der Waals surface area contributed by atoms with Gasteiger partial charge in [-0.15, -0.1) is 0 Å². The Morgan fingerprint density at radius 3 is 2.45 bits per heavy atom. The third-order valence-corrected chi connectivity index (χ3v) is 5.93. The fraction of sp³-hybridized carbons (Fsp3) is 1.00. The minimum Gasteiger partial charge on any atom is -0.319 e. The van der Waals surface area contributed by atoms with Gasteiger partial charge in [-0.3, -0.25) is 4.90 Å². The predicted octanol–water partition coefficient (Wildman–Crippen LogP) is 2.33. The van der Waals surface area contributed by atoms with Crippen molar-refractivity contribution < 1.29 is 0 Å². The largest absolute Gasteiger partial charge is 0.319 e. The van der Waals surface area contributed by atoms with Gasteiger partial charge in [0.05, 0.1) is 0 Å². The van der Waals surface area contributed by atoms with E-state index in [1.165, 1.54) is 90.6 Å². The van der Waals surface area contributed by atoms with Crippen LogP contribution in [-0.2, 0) is 0 Å². The summed E-state index contributed by atoms with van der Waals surface area (Å²) in [5.41, 5.74) is 0.589. The van der Waals surface area contributed by atoms with Crippen molar-refractivity contribution in [2.45, 2.75) is 57.4 Å². The molecule has 0 spiro atoms. The smallest absolute Gasteiger partial charge is 0.0235 e. The summed E-state index contributed by atoms with van der Waals surface area (Å²) >= 11 is 0. The molecule has 2 saturated heterocycles. The third kappa shape index (κ3) is 3.37. The Morgan fingerprint density at radius 2 is 1.75 bits per heavy atom. The summed E-state index contributed by atoms with van der Waals surface area (Å²) in [7, 11) is 2.13. The monoisotopic (exact) mass is 279 g/mol. The predicted molar refractivity (Wildman–Crippen MR) is 85.1 cm³/mol. The summed E-state index contributed by atoms with van der Waals surface area (Å²) in [6, 6.07) is 0.864. The van der Waals surface area contributed by atoms with Crippen LogP contribution in [0.1, 0.15) is 51.4 Å². The highest BCUT2D eigenvalue weighted by molar-refractivity contribution is 4.93. The van der Waals surface area contributed by atoms with Crippen molar-refractivity contribution in [1.29, 1.82) is 0 Å². The molecule has 1 aliphatic carbocycles. The number of hydrogen-bond donors (Lipinski definition) is 1. The van der Waals surface area contributed by atoms with Gasteiger partial charge in [-0.25, -0.2) is 0 Å². The normalized spacial score (nSPS) is 31.9. The molecule has 2 aliphatic heterocycles. The van der Waals surface area contributed by atoms with Crippen molar-refractivity contribution in [1.82, 2.24) is 15.1 Å². The molecule has 0 aromatic heterocycles. The molecule has 0 bridgehead atoms. The number of nitrogens with zero attached hydrogens (tertiary/aromatic N) is 2. The zero-order valence-electron chi connectivity index (χ0n) is 13.4. The molecule has 3 rings (SSSR count). The maximum Gasteiger partial charge on any atom is 0.0235 e. The van der Waals surface area contributed by atoms with Gasteiger partial charge in [0.25, 0.3) is 0 Å². The molecule has 3 nitrogen and oxygen atoms in total. The molecule has 1 saturated carbocycles. The lowest BCUT2D eigenvalue weighted by Gasteiger charge is -2.35. The minimum absolute atomic E-state index is 0.589. The van der Waals surface area contributed by atoms with Gasteiger partial charge in [-0.05, 0) is 64.2 Å². The van der Waals surface area contributed by atoms with Gasteiger partial charge < -0.3 is 10.2 Å². The van der Waals surface area contributed by atoms with E-state index in [1.807, 2.05) is 0 Å². The number of nitrogens with one attached hydrogen (secondary N) is 1. The molecule has 3 heteroatoms. The van der Waals surface area contributed by atoms with Crippen LogP contribution in [0.5, 0.6) is 0 Å². The quantitative estimate of drug-likeness (QED) is 0.833. The average molecular weight is 279 g/mol. The van der Waals surface area contributed by atoms with Crippen LogP contribution in [-0.4, -0.2) is 62.2 Å². The first-order valence-corrected chi connectivity index (χ1v) is 8.92. The first kappa shape index (κ1) is 14.8. The van der Waals surface area contributed by atoms with E-state index in [0.29, 0.717) is 5.41 Å². The van der Waals surface area contributed by atoms with E-state index < -0.39 is 0 Å². The summed E-state index contributed by atoms with van der Waals surface area (Å²) < 4.78 is 0. The van der Waals surface area contributed by atoms with Gasteiger partial charge >= 0.3 is 0 Å². The highest BCUT2D eigenvalue weighted by Crippen LogP contribution is 2.39. The van der Waals surface area contributed by atoms with Crippen molar-refractivity contribution in [2.24, 2.45) is 5.41 Å². The average Bonchev–Trinajstić information content (AvgIpc) is 3.11. The Labute approximate surface area is 125 Å². The minimum atomic E-state index is 0.589. The van der Waals surface area contributed by atoms with E-state index in [-0.39, 0.29) is 0 Å². The molecular formula is C17H33N3. The first-order chi connectivity index (χ1) is 9.81. The summed E-state index contributed by atoms with van der Waals surface area (Å²) in [6.45, 7) is 7.97. The zero-order chi connectivity index (χ0) is 13.8. The van der Waals surface area contributed by atoms with Gasteiger partial charge in [-0.1, -0.05) is 19.3 Å². The standard InChI is InChI=1S/C17H33N3/c1-18-14-17(8-3-4-9-17)15-19-12-7-16(13-19)20-10-5-2-6-11-20/h16,18H,2-15H2,1H3. The fourth-order valence-corrected chi connectivity index (χ4v) is 4.90.